The number of imide groups is 1. The van der Waals surface area contributed by atoms with E-state index in [1.54, 1.807) is 72.8 Å². The summed E-state index contributed by atoms with van der Waals surface area (Å²) in [6, 6.07) is 23.8. The van der Waals surface area contributed by atoms with Crippen LogP contribution in [0.3, 0.4) is 0 Å². The van der Waals surface area contributed by atoms with Gasteiger partial charge in [0.15, 0.2) is 17.4 Å². The zero-order chi connectivity index (χ0) is 38.3. The van der Waals surface area contributed by atoms with Crippen LogP contribution in [0.5, 0.6) is 5.75 Å². The Labute approximate surface area is 317 Å². The van der Waals surface area contributed by atoms with Crippen molar-refractivity contribution >= 4 is 58.0 Å². The average Bonchev–Trinajstić information content (AvgIpc) is 3.42. The highest BCUT2D eigenvalue weighted by atomic mass is 35.5. The maximum atomic E-state index is 15.1. The molecule has 3 aliphatic carbocycles. The van der Waals surface area contributed by atoms with E-state index in [-0.39, 0.29) is 51.3 Å². The Balaban J connectivity index is 1.31. The molecule has 1 aromatic heterocycles. The lowest BCUT2D eigenvalue weighted by Crippen LogP contribution is -2.59. The number of allylic oxidation sites excluding steroid dienone is 4. The van der Waals surface area contributed by atoms with Gasteiger partial charge in [-0.3, -0.25) is 24.2 Å². The molecule has 274 valence electrons. The fraction of sp³-hybridized carbons (Fsp3) is 0.244. The summed E-state index contributed by atoms with van der Waals surface area (Å²) in [5.74, 6) is -7.64. The highest BCUT2D eigenvalue weighted by molar-refractivity contribution is 6.33. The molecule has 2 amide bonds. The second kappa shape index (κ2) is 13.0. The molecule has 0 bridgehead atoms. The standard InChI is InChI=1S/C41H30Cl2F3N3O5/c1-48(37-30(43)15-17-32(47-37)41(44,45)46)49-38(53)25-14-13-24-27(34(25)39(49)54)19-29-36(52)26(21-8-4-2-5-9-21)20-33(51)40(29,22-10-6-3-7-11-22)35(24)28-18-23(42)12-16-31(28)50/h2-13,15-18,20,25,27,29,34-35,50H,14,19H2,1H3/t25-,27+,29-,34-,35+,40-/m0/s1. The molecule has 4 aromatic rings. The Hall–Kier alpha value is -5.26. The first kappa shape index (κ1) is 35.8. The van der Waals surface area contributed by atoms with Gasteiger partial charge in [0.1, 0.15) is 11.4 Å². The Bertz CT molecular complexity index is 2320. The third kappa shape index (κ3) is 5.31. The molecule has 54 heavy (non-hydrogen) atoms. The number of phenols is 1. The summed E-state index contributed by atoms with van der Waals surface area (Å²) in [5.41, 5.74) is -0.735. The number of aromatic nitrogens is 1. The molecule has 2 fully saturated rings. The van der Waals surface area contributed by atoms with E-state index in [0.717, 1.165) is 16.1 Å². The molecule has 0 radical (unpaired) electrons. The molecule has 4 aliphatic rings. The van der Waals surface area contributed by atoms with Gasteiger partial charge < -0.3 is 5.11 Å². The Morgan fingerprint density at radius 1 is 0.889 bits per heavy atom. The van der Waals surface area contributed by atoms with E-state index < -0.39 is 64.5 Å². The van der Waals surface area contributed by atoms with Crippen LogP contribution in [-0.2, 0) is 30.8 Å². The van der Waals surface area contributed by atoms with Gasteiger partial charge in [0.25, 0.3) is 11.8 Å². The number of carbonyl (C=O) groups is 4. The van der Waals surface area contributed by atoms with Crippen LogP contribution in [0.25, 0.3) is 5.57 Å². The molecule has 1 saturated heterocycles. The number of pyridine rings is 1. The van der Waals surface area contributed by atoms with Gasteiger partial charge in [-0.05, 0) is 66.3 Å². The Kier molecular flexibility index (Phi) is 8.57. The van der Waals surface area contributed by atoms with Gasteiger partial charge in [-0.25, -0.2) is 4.98 Å². The molecular formula is C41H30Cl2F3N3O5. The molecule has 0 unspecified atom stereocenters. The molecule has 8 nitrogen and oxygen atoms in total. The van der Waals surface area contributed by atoms with Crippen molar-refractivity contribution in [2.75, 3.05) is 12.1 Å². The molecule has 8 rings (SSSR count). The first-order chi connectivity index (χ1) is 25.7. The number of aromatic hydroxyl groups is 1. The van der Waals surface area contributed by atoms with Gasteiger partial charge >= 0.3 is 6.18 Å². The number of benzene rings is 3. The largest absolute Gasteiger partial charge is 0.508 e. The summed E-state index contributed by atoms with van der Waals surface area (Å²) in [4.78, 5) is 62.6. The SMILES string of the molecule is CN(c1nc(C(F)(F)F)ccc1Cl)N1C(=O)[C@H]2[C@H](CC=C3[C@H]2C[C@H]2C(=O)C(c4ccccc4)=CC(=O)[C@@]2(c2ccccc2)[C@H]3c2cc(Cl)ccc2O)C1=O. The number of hydrazine groups is 1. The summed E-state index contributed by atoms with van der Waals surface area (Å²) >= 11 is 12.8. The molecule has 13 heteroatoms. The van der Waals surface area contributed by atoms with Gasteiger partial charge in [-0.2, -0.15) is 18.2 Å². The molecule has 2 heterocycles. The van der Waals surface area contributed by atoms with E-state index in [4.69, 9.17) is 23.2 Å². The van der Waals surface area contributed by atoms with Crippen molar-refractivity contribution in [2.24, 2.45) is 23.7 Å². The van der Waals surface area contributed by atoms with E-state index in [0.29, 0.717) is 22.8 Å². The van der Waals surface area contributed by atoms with Crippen LogP contribution in [0.4, 0.5) is 19.0 Å². The van der Waals surface area contributed by atoms with E-state index in [2.05, 4.69) is 4.98 Å². The maximum Gasteiger partial charge on any atom is 0.433 e. The van der Waals surface area contributed by atoms with Crippen LogP contribution in [0.1, 0.15) is 41.1 Å². The van der Waals surface area contributed by atoms with E-state index >= 15 is 9.59 Å². The normalized spacial score (nSPS) is 26.5. The zero-order valence-corrected chi connectivity index (χ0v) is 29.9. The number of ketones is 2. The Morgan fingerprint density at radius 2 is 1.57 bits per heavy atom. The molecular weight excluding hydrogens is 742 g/mol. The second-order valence-electron chi connectivity index (χ2n) is 14.0. The molecule has 1 saturated carbocycles. The number of nitrogens with zero attached hydrogens (tertiary/aromatic N) is 3. The summed E-state index contributed by atoms with van der Waals surface area (Å²) in [5, 5.41) is 13.3. The second-order valence-corrected chi connectivity index (χ2v) is 14.8. The van der Waals surface area contributed by atoms with Crippen LogP contribution in [0, 0.1) is 23.7 Å². The summed E-state index contributed by atoms with van der Waals surface area (Å²) in [6.45, 7) is 0. The van der Waals surface area contributed by atoms with E-state index in [9.17, 15) is 27.9 Å². The van der Waals surface area contributed by atoms with Gasteiger partial charge in [-0.1, -0.05) is 95.5 Å². The number of amides is 2. The van der Waals surface area contributed by atoms with E-state index in [1.165, 1.54) is 25.3 Å². The number of Topliss-reactive ketones (excluding diaryl/α,β-unsaturated/α-hetero) is 1. The van der Waals surface area contributed by atoms with Gasteiger partial charge in [0, 0.05) is 35.0 Å². The monoisotopic (exact) mass is 771 g/mol. The molecule has 0 spiro atoms. The molecule has 6 atom stereocenters. The summed E-state index contributed by atoms with van der Waals surface area (Å²) < 4.78 is 41.0. The number of rotatable bonds is 5. The molecule has 1 N–H and O–H groups in total. The number of phenolic OH excluding ortho intramolecular Hbond substituents is 1. The number of alkyl halides is 3. The quantitative estimate of drug-likeness (QED) is 0.162. The fourth-order valence-corrected chi connectivity index (χ4v) is 9.57. The lowest BCUT2D eigenvalue weighted by Gasteiger charge is -2.55. The van der Waals surface area contributed by atoms with Crippen molar-refractivity contribution in [3.05, 3.63) is 141 Å². The number of hydrogen-bond acceptors (Lipinski definition) is 7. The molecule has 3 aromatic carbocycles. The minimum Gasteiger partial charge on any atom is -0.508 e. The lowest BCUT2D eigenvalue weighted by molar-refractivity contribution is -0.141. The number of fused-ring (bicyclic) bond motifs is 4. The first-order valence-corrected chi connectivity index (χ1v) is 18.0. The van der Waals surface area contributed by atoms with Crippen LogP contribution >= 0.6 is 23.2 Å². The van der Waals surface area contributed by atoms with Crippen molar-refractivity contribution in [3.8, 4) is 5.75 Å². The fourth-order valence-electron chi connectivity index (χ4n) is 9.17. The van der Waals surface area contributed by atoms with Gasteiger partial charge in [0.2, 0.25) is 0 Å². The predicted octanol–water partition coefficient (Wildman–Crippen LogP) is 7.99. The number of hydrogen-bond donors (Lipinski definition) is 1. The van der Waals surface area contributed by atoms with Crippen LogP contribution in [0.15, 0.2) is 109 Å². The highest BCUT2D eigenvalue weighted by Crippen LogP contribution is 2.64. The van der Waals surface area contributed by atoms with E-state index in [1.807, 2.05) is 0 Å². The first-order valence-electron chi connectivity index (χ1n) is 17.2. The highest BCUT2D eigenvalue weighted by Gasteiger charge is 2.66. The number of halogens is 5. The van der Waals surface area contributed by atoms with Crippen molar-refractivity contribution in [3.63, 3.8) is 0 Å². The van der Waals surface area contributed by atoms with Crippen LogP contribution in [-0.4, -0.2) is 45.5 Å². The smallest absolute Gasteiger partial charge is 0.433 e. The number of anilines is 1. The predicted molar refractivity (Wildman–Crippen MR) is 194 cm³/mol. The van der Waals surface area contributed by atoms with Gasteiger partial charge in [-0.15, -0.1) is 0 Å². The van der Waals surface area contributed by atoms with Crippen molar-refractivity contribution < 1.29 is 37.5 Å². The number of carbonyl (C=O) groups excluding carboxylic acids is 4. The Morgan fingerprint density at radius 3 is 2.26 bits per heavy atom. The van der Waals surface area contributed by atoms with Crippen molar-refractivity contribution in [1.29, 1.82) is 0 Å². The topological polar surface area (TPSA) is 108 Å². The molecule has 1 aliphatic heterocycles. The minimum atomic E-state index is -4.82. The summed E-state index contributed by atoms with van der Waals surface area (Å²) in [6.07, 6.45) is -1.63. The van der Waals surface area contributed by atoms with Crippen LogP contribution in [0.2, 0.25) is 10.0 Å². The average molecular weight is 773 g/mol. The third-order valence-electron chi connectivity index (χ3n) is 11.4. The third-order valence-corrected chi connectivity index (χ3v) is 11.9. The van der Waals surface area contributed by atoms with Gasteiger partial charge in [0.05, 0.1) is 22.3 Å². The van der Waals surface area contributed by atoms with Crippen molar-refractivity contribution in [2.45, 2.75) is 30.4 Å². The van der Waals surface area contributed by atoms with Crippen molar-refractivity contribution in [1.82, 2.24) is 9.99 Å². The summed E-state index contributed by atoms with van der Waals surface area (Å²) in [7, 11) is 1.24. The van der Waals surface area contributed by atoms with Crippen LogP contribution < -0.4 is 5.01 Å². The maximum absolute atomic E-state index is 15.1. The lowest BCUT2D eigenvalue weighted by atomic mass is 9.44. The minimum absolute atomic E-state index is 0.0202. The zero-order valence-electron chi connectivity index (χ0n) is 28.4.